The van der Waals surface area contributed by atoms with Gasteiger partial charge in [-0.2, -0.15) is 11.8 Å². The zero-order valence-electron chi connectivity index (χ0n) is 12.1. The number of nitro benzene ring substituents is 1. The molecule has 0 saturated carbocycles. The van der Waals surface area contributed by atoms with E-state index in [1.807, 2.05) is 23.6 Å². The first-order valence-corrected chi connectivity index (χ1v) is 9.52. The summed E-state index contributed by atoms with van der Waals surface area (Å²) < 4.78 is 23.1. The highest BCUT2D eigenvalue weighted by molar-refractivity contribution is 8.00. The molecule has 1 aliphatic rings. The molecule has 1 aromatic carbocycles. The van der Waals surface area contributed by atoms with Gasteiger partial charge in [-0.3, -0.25) is 10.1 Å². The van der Waals surface area contributed by atoms with Gasteiger partial charge in [-0.1, -0.05) is 6.92 Å². The van der Waals surface area contributed by atoms with Crippen LogP contribution < -0.4 is 4.90 Å². The van der Waals surface area contributed by atoms with Gasteiger partial charge in [0.05, 0.1) is 9.82 Å². The van der Waals surface area contributed by atoms with Crippen molar-refractivity contribution in [1.82, 2.24) is 0 Å². The normalized spacial score (nSPS) is 23.1. The maximum absolute atomic E-state index is 11.6. The second-order valence-corrected chi connectivity index (χ2v) is 8.69. The SMILES string of the molecule is CC1SCCN(c2ccc(S(C)(=O)=O)cc2[N+](=O)[O-])C1C. The van der Waals surface area contributed by atoms with Crippen LogP contribution in [0.5, 0.6) is 0 Å². The third-order valence-corrected chi connectivity index (χ3v) is 6.21. The Morgan fingerprint density at radius 3 is 2.62 bits per heavy atom. The van der Waals surface area contributed by atoms with E-state index in [1.165, 1.54) is 6.07 Å². The molecule has 0 bridgehead atoms. The van der Waals surface area contributed by atoms with Gasteiger partial charge >= 0.3 is 0 Å². The van der Waals surface area contributed by atoms with Crippen molar-refractivity contribution >= 4 is 33.0 Å². The van der Waals surface area contributed by atoms with Gasteiger partial charge in [-0.25, -0.2) is 8.42 Å². The van der Waals surface area contributed by atoms with Crippen LogP contribution in [0.25, 0.3) is 0 Å². The van der Waals surface area contributed by atoms with Gasteiger partial charge in [-0.05, 0) is 19.1 Å². The second-order valence-electron chi connectivity index (χ2n) is 5.19. The first-order valence-electron chi connectivity index (χ1n) is 6.58. The van der Waals surface area contributed by atoms with Gasteiger partial charge in [0.2, 0.25) is 0 Å². The largest absolute Gasteiger partial charge is 0.361 e. The Kier molecular flexibility index (Phi) is 4.48. The quantitative estimate of drug-likeness (QED) is 0.625. The summed E-state index contributed by atoms with van der Waals surface area (Å²) in [5.41, 5.74) is 0.343. The topological polar surface area (TPSA) is 80.5 Å². The first-order chi connectivity index (χ1) is 9.71. The molecule has 8 heteroatoms. The van der Waals surface area contributed by atoms with Crippen LogP contribution in [0.1, 0.15) is 13.8 Å². The van der Waals surface area contributed by atoms with Crippen molar-refractivity contribution in [1.29, 1.82) is 0 Å². The molecule has 2 unspecified atom stereocenters. The molecular formula is C13H18N2O4S2. The summed E-state index contributed by atoms with van der Waals surface area (Å²) in [4.78, 5) is 12.8. The minimum Gasteiger partial charge on any atom is -0.361 e. The van der Waals surface area contributed by atoms with Crippen molar-refractivity contribution in [2.24, 2.45) is 0 Å². The third kappa shape index (κ3) is 3.32. The summed E-state index contributed by atoms with van der Waals surface area (Å²) >= 11 is 1.84. The third-order valence-electron chi connectivity index (χ3n) is 3.77. The van der Waals surface area contributed by atoms with Crippen LogP contribution >= 0.6 is 11.8 Å². The molecular weight excluding hydrogens is 312 g/mol. The number of hydrogen-bond donors (Lipinski definition) is 0. The van der Waals surface area contributed by atoms with Crippen LogP contribution in [0.4, 0.5) is 11.4 Å². The van der Waals surface area contributed by atoms with Crippen molar-refractivity contribution in [3.8, 4) is 0 Å². The average Bonchev–Trinajstić information content (AvgIpc) is 2.40. The van der Waals surface area contributed by atoms with Crippen molar-refractivity contribution < 1.29 is 13.3 Å². The highest BCUT2D eigenvalue weighted by Crippen LogP contribution is 2.36. The number of sulfone groups is 1. The first kappa shape index (κ1) is 16.1. The fourth-order valence-corrected chi connectivity index (χ4v) is 4.14. The summed E-state index contributed by atoms with van der Waals surface area (Å²) in [5, 5.41) is 11.7. The molecule has 0 amide bonds. The Labute approximate surface area is 128 Å². The summed E-state index contributed by atoms with van der Waals surface area (Å²) in [7, 11) is -3.46. The molecule has 0 spiro atoms. The minimum atomic E-state index is -3.46. The summed E-state index contributed by atoms with van der Waals surface area (Å²) in [6, 6.07) is 4.31. The number of benzene rings is 1. The van der Waals surface area contributed by atoms with E-state index in [9.17, 15) is 18.5 Å². The Morgan fingerprint density at radius 1 is 1.38 bits per heavy atom. The molecule has 1 fully saturated rings. The number of hydrogen-bond acceptors (Lipinski definition) is 6. The molecule has 0 aliphatic carbocycles. The predicted molar refractivity (Wildman–Crippen MR) is 84.9 cm³/mol. The lowest BCUT2D eigenvalue weighted by molar-refractivity contribution is -0.384. The van der Waals surface area contributed by atoms with Crippen molar-refractivity contribution in [3.05, 3.63) is 28.3 Å². The zero-order valence-corrected chi connectivity index (χ0v) is 13.8. The van der Waals surface area contributed by atoms with E-state index in [-0.39, 0.29) is 16.6 Å². The maximum Gasteiger partial charge on any atom is 0.293 e. The van der Waals surface area contributed by atoms with Crippen LogP contribution in [-0.4, -0.2) is 43.2 Å². The van der Waals surface area contributed by atoms with Crippen molar-refractivity contribution in [2.45, 2.75) is 30.0 Å². The molecule has 6 nitrogen and oxygen atoms in total. The minimum absolute atomic E-state index is 0.0231. The summed E-state index contributed by atoms with van der Waals surface area (Å²) in [6.45, 7) is 4.85. The van der Waals surface area contributed by atoms with E-state index in [0.717, 1.165) is 24.6 Å². The molecule has 2 rings (SSSR count). The maximum atomic E-state index is 11.6. The molecule has 1 aliphatic heterocycles. The molecule has 1 saturated heterocycles. The van der Waals surface area contributed by atoms with Gasteiger partial charge in [0.25, 0.3) is 5.69 Å². The molecule has 0 aromatic heterocycles. The van der Waals surface area contributed by atoms with Crippen LogP contribution in [0, 0.1) is 10.1 Å². The number of nitro groups is 1. The molecule has 0 N–H and O–H groups in total. The number of anilines is 1. The van der Waals surface area contributed by atoms with Gasteiger partial charge in [-0.15, -0.1) is 0 Å². The van der Waals surface area contributed by atoms with E-state index in [1.54, 1.807) is 6.07 Å². The lowest BCUT2D eigenvalue weighted by Gasteiger charge is -2.38. The number of thioether (sulfide) groups is 1. The van der Waals surface area contributed by atoms with Crippen LogP contribution in [0.2, 0.25) is 0 Å². The summed E-state index contributed by atoms with van der Waals surface area (Å²) in [6.07, 6.45) is 1.05. The van der Waals surface area contributed by atoms with Crippen molar-refractivity contribution in [3.63, 3.8) is 0 Å². The van der Waals surface area contributed by atoms with Crippen LogP contribution in [0.3, 0.4) is 0 Å². The van der Waals surface area contributed by atoms with Crippen LogP contribution in [0.15, 0.2) is 23.1 Å². The predicted octanol–water partition coefficient (Wildman–Crippen LogP) is 2.33. The van der Waals surface area contributed by atoms with Gasteiger partial charge in [0.1, 0.15) is 5.69 Å². The van der Waals surface area contributed by atoms with Gasteiger partial charge < -0.3 is 4.90 Å². The van der Waals surface area contributed by atoms with E-state index in [4.69, 9.17) is 0 Å². The lowest BCUT2D eigenvalue weighted by Crippen LogP contribution is -2.45. The van der Waals surface area contributed by atoms with E-state index >= 15 is 0 Å². The van der Waals surface area contributed by atoms with Crippen molar-refractivity contribution in [2.75, 3.05) is 23.5 Å². The molecule has 21 heavy (non-hydrogen) atoms. The molecule has 0 radical (unpaired) electrons. The Morgan fingerprint density at radius 2 is 2.05 bits per heavy atom. The van der Waals surface area contributed by atoms with Gasteiger partial charge in [0.15, 0.2) is 9.84 Å². The Hall–Kier alpha value is -1.28. The second kappa shape index (κ2) is 5.84. The fraction of sp³-hybridized carbons (Fsp3) is 0.538. The molecule has 1 aromatic rings. The molecule has 2 atom stereocenters. The highest BCUT2D eigenvalue weighted by Gasteiger charge is 2.30. The van der Waals surface area contributed by atoms with Crippen LogP contribution in [-0.2, 0) is 9.84 Å². The fourth-order valence-electron chi connectivity index (χ4n) is 2.40. The van der Waals surface area contributed by atoms with Gasteiger partial charge in [0, 0.05) is 35.9 Å². The highest BCUT2D eigenvalue weighted by atomic mass is 32.2. The standard InChI is InChI=1S/C13H18N2O4S2/c1-9-10(2)20-7-6-14(9)12-5-4-11(21(3,18)19)8-13(12)15(16)17/h4-5,8-10H,6-7H2,1-3H3. The Bertz CT molecular complexity index is 660. The number of rotatable bonds is 3. The summed E-state index contributed by atoms with van der Waals surface area (Å²) in [5.74, 6) is 0.899. The smallest absolute Gasteiger partial charge is 0.293 e. The zero-order chi connectivity index (χ0) is 15.8. The van der Waals surface area contributed by atoms with E-state index in [0.29, 0.717) is 10.9 Å². The average molecular weight is 330 g/mol. The number of nitrogens with zero attached hydrogens (tertiary/aromatic N) is 2. The van der Waals surface area contributed by atoms with E-state index < -0.39 is 14.8 Å². The monoisotopic (exact) mass is 330 g/mol. The van der Waals surface area contributed by atoms with E-state index in [2.05, 4.69) is 6.92 Å². The Balaban J connectivity index is 2.51. The molecule has 1 heterocycles. The molecule has 116 valence electrons. The lowest BCUT2D eigenvalue weighted by atomic mass is 10.1.